The Labute approximate surface area is 113 Å². The molecule has 0 amide bonds. The van der Waals surface area contributed by atoms with Crippen molar-refractivity contribution in [3.8, 4) is 0 Å². The van der Waals surface area contributed by atoms with Gasteiger partial charge in [0.2, 0.25) is 0 Å². The number of hydrogen-bond acceptors (Lipinski definition) is 4. The molecule has 0 saturated carbocycles. The topological polar surface area (TPSA) is 101 Å². The van der Waals surface area contributed by atoms with Crippen LogP contribution in [0.4, 0.5) is 10.1 Å². The number of aryl methyl sites for hydroxylation is 1. The second-order valence-electron chi connectivity index (χ2n) is 3.98. The van der Waals surface area contributed by atoms with Gasteiger partial charge in [0.25, 0.3) is 10.0 Å². The van der Waals surface area contributed by atoms with Crippen molar-refractivity contribution >= 4 is 21.7 Å². The minimum Gasteiger partial charge on any atom is -0.478 e. The molecule has 0 aliphatic carbocycles. The van der Waals surface area contributed by atoms with Gasteiger partial charge in [-0.25, -0.2) is 14.2 Å². The van der Waals surface area contributed by atoms with Crippen molar-refractivity contribution in [3.63, 3.8) is 0 Å². The summed E-state index contributed by atoms with van der Waals surface area (Å²) in [7, 11) is -2.34. The number of carboxylic acid groups (broad SMARTS) is 1. The van der Waals surface area contributed by atoms with E-state index >= 15 is 0 Å². The van der Waals surface area contributed by atoms with E-state index in [1.54, 1.807) is 7.05 Å². The number of hydrogen-bond donors (Lipinski definition) is 2. The number of rotatable bonds is 4. The molecule has 9 heteroatoms. The molecule has 2 rings (SSSR count). The van der Waals surface area contributed by atoms with Crippen LogP contribution in [0.2, 0.25) is 0 Å². The number of sulfonamides is 1. The van der Waals surface area contributed by atoms with Crippen molar-refractivity contribution in [2.24, 2.45) is 7.05 Å². The Morgan fingerprint density at radius 2 is 2.15 bits per heavy atom. The van der Waals surface area contributed by atoms with Crippen LogP contribution in [0.25, 0.3) is 0 Å². The van der Waals surface area contributed by atoms with Gasteiger partial charge in [-0.15, -0.1) is 0 Å². The fraction of sp³-hybridized carbons (Fsp3) is 0.0909. The molecule has 0 spiro atoms. The fourth-order valence-electron chi connectivity index (χ4n) is 1.49. The van der Waals surface area contributed by atoms with E-state index in [1.165, 1.54) is 17.1 Å². The Kier molecular flexibility index (Phi) is 3.45. The molecule has 1 aromatic carbocycles. The van der Waals surface area contributed by atoms with Gasteiger partial charge in [0.05, 0.1) is 11.9 Å². The Bertz CT molecular complexity index is 770. The molecular weight excluding hydrogens is 289 g/mol. The monoisotopic (exact) mass is 299 g/mol. The van der Waals surface area contributed by atoms with Gasteiger partial charge in [-0.1, -0.05) is 0 Å². The van der Waals surface area contributed by atoms with Crippen LogP contribution in [-0.4, -0.2) is 29.0 Å². The largest absolute Gasteiger partial charge is 0.478 e. The molecule has 2 aromatic rings. The molecule has 20 heavy (non-hydrogen) atoms. The summed E-state index contributed by atoms with van der Waals surface area (Å²) in [6.07, 6.45) is 2.59. The standard InChI is InChI=1S/C11H10FN3O4S/c1-15-5-10(13-6-15)20(18,19)14-7-2-3-9(12)8(4-7)11(16)17/h2-6,14H,1H3,(H,16,17). The molecule has 0 radical (unpaired) electrons. The van der Waals surface area contributed by atoms with Crippen molar-refractivity contribution in [3.05, 3.63) is 42.1 Å². The molecule has 1 heterocycles. The predicted molar refractivity (Wildman–Crippen MR) is 67.4 cm³/mol. The van der Waals surface area contributed by atoms with Gasteiger partial charge in [0.1, 0.15) is 5.82 Å². The van der Waals surface area contributed by atoms with Gasteiger partial charge in [-0.2, -0.15) is 8.42 Å². The Morgan fingerprint density at radius 1 is 1.45 bits per heavy atom. The molecule has 0 saturated heterocycles. The lowest BCUT2D eigenvalue weighted by atomic mass is 10.2. The highest BCUT2D eigenvalue weighted by molar-refractivity contribution is 7.92. The van der Waals surface area contributed by atoms with Crippen LogP contribution in [0.3, 0.4) is 0 Å². The van der Waals surface area contributed by atoms with Gasteiger partial charge in [0.15, 0.2) is 5.03 Å². The van der Waals surface area contributed by atoms with E-state index in [2.05, 4.69) is 9.71 Å². The number of anilines is 1. The maximum Gasteiger partial charge on any atom is 0.338 e. The summed E-state index contributed by atoms with van der Waals surface area (Å²) in [5.41, 5.74) is -0.680. The molecular formula is C11H10FN3O4S. The number of aromatic carboxylic acids is 1. The van der Waals surface area contributed by atoms with E-state index < -0.39 is 27.4 Å². The second-order valence-corrected chi connectivity index (χ2v) is 5.61. The zero-order valence-electron chi connectivity index (χ0n) is 10.2. The summed E-state index contributed by atoms with van der Waals surface area (Å²) in [5, 5.41) is 8.55. The third-order valence-electron chi connectivity index (χ3n) is 2.41. The van der Waals surface area contributed by atoms with Gasteiger partial charge >= 0.3 is 5.97 Å². The molecule has 1 aromatic heterocycles. The van der Waals surface area contributed by atoms with E-state index in [1.807, 2.05) is 0 Å². The van der Waals surface area contributed by atoms with Crippen LogP contribution in [0.5, 0.6) is 0 Å². The molecule has 0 atom stereocenters. The van der Waals surface area contributed by atoms with Gasteiger partial charge in [-0.05, 0) is 18.2 Å². The molecule has 0 bridgehead atoms. The first-order valence-corrected chi connectivity index (χ1v) is 6.81. The maximum atomic E-state index is 13.2. The summed E-state index contributed by atoms with van der Waals surface area (Å²) in [5.74, 6) is -2.43. The van der Waals surface area contributed by atoms with Gasteiger partial charge < -0.3 is 9.67 Å². The van der Waals surface area contributed by atoms with Crippen molar-refractivity contribution in [2.45, 2.75) is 5.03 Å². The highest BCUT2D eigenvalue weighted by Crippen LogP contribution is 2.18. The predicted octanol–water partition coefficient (Wildman–Crippen LogP) is 1.06. The van der Waals surface area contributed by atoms with Crippen LogP contribution >= 0.6 is 0 Å². The SMILES string of the molecule is Cn1cnc(S(=O)(=O)Nc2ccc(F)c(C(=O)O)c2)c1. The number of nitrogens with zero attached hydrogens (tertiary/aromatic N) is 2. The van der Waals surface area contributed by atoms with Crippen LogP contribution in [0.15, 0.2) is 35.7 Å². The minimum atomic E-state index is -3.95. The molecule has 106 valence electrons. The molecule has 0 fully saturated rings. The molecule has 7 nitrogen and oxygen atoms in total. The van der Waals surface area contributed by atoms with Crippen LogP contribution in [0.1, 0.15) is 10.4 Å². The lowest BCUT2D eigenvalue weighted by Crippen LogP contribution is -2.14. The minimum absolute atomic E-state index is 0.0607. The van der Waals surface area contributed by atoms with E-state index in [-0.39, 0.29) is 10.7 Å². The Morgan fingerprint density at radius 3 is 2.70 bits per heavy atom. The molecule has 0 aliphatic rings. The van der Waals surface area contributed by atoms with Gasteiger partial charge in [-0.3, -0.25) is 4.72 Å². The molecule has 2 N–H and O–H groups in total. The highest BCUT2D eigenvalue weighted by Gasteiger charge is 2.19. The first-order valence-electron chi connectivity index (χ1n) is 5.33. The zero-order valence-corrected chi connectivity index (χ0v) is 11.1. The fourth-order valence-corrected chi connectivity index (χ4v) is 2.52. The zero-order chi connectivity index (χ0) is 14.9. The summed E-state index contributed by atoms with van der Waals surface area (Å²) in [4.78, 5) is 14.5. The Balaban J connectivity index is 2.35. The first-order chi connectivity index (χ1) is 9.29. The number of benzene rings is 1. The van der Waals surface area contributed by atoms with Crippen molar-refractivity contribution in [1.29, 1.82) is 0 Å². The first kappa shape index (κ1) is 14.0. The van der Waals surface area contributed by atoms with Crippen molar-refractivity contribution < 1.29 is 22.7 Å². The van der Waals surface area contributed by atoms with E-state index in [0.717, 1.165) is 18.2 Å². The van der Waals surface area contributed by atoms with Gasteiger partial charge in [0, 0.05) is 18.9 Å². The van der Waals surface area contributed by atoms with E-state index in [9.17, 15) is 17.6 Å². The summed E-state index contributed by atoms with van der Waals surface area (Å²) in [6, 6.07) is 2.90. The number of carboxylic acids is 1. The molecule has 0 aliphatic heterocycles. The van der Waals surface area contributed by atoms with Crippen LogP contribution in [0, 0.1) is 5.82 Å². The smallest absolute Gasteiger partial charge is 0.338 e. The number of aromatic nitrogens is 2. The highest BCUT2D eigenvalue weighted by atomic mass is 32.2. The van der Waals surface area contributed by atoms with Crippen molar-refractivity contribution in [1.82, 2.24) is 9.55 Å². The summed E-state index contributed by atoms with van der Waals surface area (Å²) in [6.45, 7) is 0. The van der Waals surface area contributed by atoms with Crippen LogP contribution in [-0.2, 0) is 17.1 Å². The average molecular weight is 299 g/mol. The lowest BCUT2D eigenvalue weighted by Gasteiger charge is -2.07. The number of carbonyl (C=O) groups is 1. The third-order valence-corrected chi connectivity index (χ3v) is 3.67. The summed E-state index contributed by atoms with van der Waals surface area (Å²) < 4.78 is 40.7. The molecule has 0 unspecified atom stereocenters. The third kappa shape index (κ3) is 2.77. The van der Waals surface area contributed by atoms with E-state index in [0.29, 0.717) is 0 Å². The quantitative estimate of drug-likeness (QED) is 0.879. The van der Waals surface area contributed by atoms with E-state index in [4.69, 9.17) is 5.11 Å². The maximum absolute atomic E-state index is 13.2. The number of imidazole rings is 1. The average Bonchev–Trinajstić information content (AvgIpc) is 2.78. The number of halogens is 1. The van der Waals surface area contributed by atoms with Crippen molar-refractivity contribution in [2.75, 3.05) is 4.72 Å². The summed E-state index contributed by atoms with van der Waals surface area (Å²) >= 11 is 0. The second kappa shape index (κ2) is 4.93. The normalized spacial score (nSPS) is 11.3. The number of nitrogens with one attached hydrogen (secondary N) is 1. The Hall–Kier alpha value is -2.42. The van der Waals surface area contributed by atoms with Crippen LogP contribution < -0.4 is 4.72 Å². The lowest BCUT2D eigenvalue weighted by molar-refractivity contribution is 0.0692.